The predicted molar refractivity (Wildman–Crippen MR) is 96.3 cm³/mol. The number of hydrogen-bond donors (Lipinski definition) is 1. The van der Waals surface area contributed by atoms with Gasteiger partial charge in [0, 0.05) is 17.8 Å². The molecule has 2 aromatic carbocycles. The van der Waals surface area contributed by atoms with Gasteiger partial charge in [-0.05, 0) is 41.3 Å². The zero-order valence-corrected chi connectivity index (χ0v) is 14.1. The molecule has 0 aliphatic heterocycles. The number of amides is 1. The van der Waals surface area contributed by atoms with Crippen LogP contribution in [0.1, 0.15) is 30.9 Å². The lowest BCUT2D eigenvalue weighted by molar-refractivity contribution is -0.384. The molecule has 0 aliphatic carbocycles. The van der Waals surface area contributed by atoms with E-state index in [1.54, 1.807) is 6.07 Å². The van der Waals surface area contributed by atoms with Gasteiger partial charge in [0.1, 0.15) is 5.02 Å². The van der Waals surface area contributed by atoms with Crippen molar-refractivity contribution in [2.45, 2.75) is 19.8 Å². The molecule has 0 heterocycles. The Balaban J connectivity index is 2.05. The molecule has 2 aromatic rings. The number of benzene rings is 2. The summed E-state index contributed by atoms with van der Waals surface area (Å²) < 4.78 is 0. The summed E-state index contributed by atoms with van der Waals surface area (Å²) in [6.45, 7) is 4.20. The summed E-state index contributed by atoms with van der Waals surface area (Å²) in [6.07, 6.45) is 2.82. The molecule has 2 rings (SSSR count). The predicted octanol–water partition coefficient (Wildman–Crippen LogP) is 5.02. The standard InChI is InChI=1S/C18H17ClN2O3/c1-12(2)14-5-7-15(8-6-14)20-18(22)10-4-13-3-9-16(19)17(11-13)21(23)24/h3-12H,1-2H3,(H,20,22)/b10-4+. The van der Waals surface area contributed by atoms with E-state index in [0.717, 1.165) is 0 Å². The molecule has 1 amide bonds. The summed E-state index contributed by atoms with van der Waals surface area (Å²) in [5.41, 5.74) is 2.22. The monoisotopic (exact) mass is 344 g/mol. The Kier molecular flexibility index (Phi) is 5.71. The number of nitro benzene ring substituents is 1. The maximum absolute atomic E-state index is 11.9. The van der Waals surface area contributed by atoms with Crippen molar-refractivity contribution in [2.24, 2.45) is 0 Å². The molecular weight excluding hydrogens is 328 g/mol. The van der Waals surface area contributed by atoms with Crippen LogP contribution in [0.3, 0.4) is 0 Å². The summed E-state index contributed by atoms with van der Waals surface area (Å²) in [6, 6.07) is 12.0. The van der Waals surface area contributed by atoms with Crippen LogP contribution in [-0.4, -0.2) is 10.8 Å². The van der Waals surface area contributed by atoms with E-state index in [1.807, 2.05) is 24.3 Å². The number of carbonyl (C=O) groups is 1. The number of hydrogen-bond acceptors (Lipinski definition) is 3. The molecule has 1 N–H and O–H groups in total. The lowest BCUT2D eigenvalue weighted by Crippen LogP contribution is -2.07. The van der Waals surface area contributed by atoms with Gasteiger partial charge in [-0.25, -0.2) is 0 Å². The quantitative estimate of drug-likeness (QED) is 0.470. The lowest BCUT2D eigenvalue weighted by Gasteiger charge is -2.07. The third-order valence-electron chi connectivity index (χ3n) is 3.44. The van der Waals surface area contributed by atoms with Crippen LogP contribution in [-0.2, 0) is 4.79 Å². The number of halogens is 1. The van der Waals surface area contributed by atoms with Gasteiger partial charge < -0.3 is 5.32 Å². The summed E-state index contributed by atoms with van der Waals surface area (Å²) in [7, 11) is 0. The molecule has 0 fully saturated rings. The lowest BCUT2D eigenvalue weighted by atomic mass is 10.0. The van der Waals surface area contributed by atoms with Crippen molar-refractivity contribution in [3.8, 4) is 0 Å². The third-order valence-corrected chi connectivity index (χ3v) is 3.76. The smallest absolute Gasteiger partial charge is 0.288 e. The molecule has 0 aliphatic rings. The van der Waals surface area contributed by atoms with Gasteiger partial charge in [0.2, 0.25) is 5.91 Å². The van der Waals surface area contributed by atoms with E-state index in [-0.39, 0.29) is 16.6 Å². The molecule has 0 unspecified atom stereocenters. The fourth-order valence-corrected chi connectivity index (χ4v) is 2.27. The first-order valence-electron chi connectivity index (χ1n) is 7.40. The van der Waals surface area contributed by atoms with E-state index in [2.05, 4.69) is 19.2 Å². The highest BCUT2D eigenvalue weighted by molar-refractivity contribution is 6.32. The average Bonchev–Trinajstić information content (AvgIpc) is 2.54. The number of nitrogens with one attached hydrogen (secondary N) is 1. The van der Waals surface area contributed by atoms with Crippen LogP contribution >= 0.6 is 11.6 Å². The molecule has 0 saturated carbocycles. The van der Waals surface area contributed by atoms with Gasteiger partial charge in [0.05, 0.1) is 4.92 Å². The van der Waals surface area contributed by atoms with E-state index in [0.29, 0.717) is 17.2 Å². The SMILES string of the molecule is CC(C)c1ccc(NC(=O)/C=C/c2ccc(Cl)c([N+](=O)[O-])c2)cc1. The second-order valence-electron chi connectivity index (χ2n) is 5.57. The normalized spacial score (nSPS) is 11.0. The largest absolute Gasteiger partial charge is 0.323 e. The highest BCUT2D eigenvalue weighted by atomic mass is 35.5. The molecule has 0 radical (unpaired) electrons. The first-order valence-corrected chi connectivity index (χ1v) is 7.77. The second kappa shape index (κ2) is 7.75. The Morgan fingerprint density at radius 1 is 1.21 bits per heavy atom. The Bertz CT molecular complexity index is 783. The van der Waals surface area contributed by atoms with Crippen LogP contribution in [0, 0.1) is 10.1 Å². The van der Waals surface area contributed by atoms with Crippen molar-refractivity contribution >= 4 is 35.0 Å². The number of nitrogens with zero attached hydrogens (tertiary/aromatic N) is 1. The zero-order chi connectivity index (χ0) is 17.7. The Morgan fingerprint density at radius 2 is 1.88 bits per heavy atom. The van der Waals surface area contributed by atoms with Gasteiger partial charge in [-0.2, -0.15) is 0 Å². The van der Waals surface area contributed by atoms with Crippen molar-refractivity contribution in [3.05, 3.63) is 74.8 Å². The van der Waals surface area contributed by atoms with Gasteiger partial charge in [-0.15, -0.1) is 0 Å². The Labute approximate surface area is 145 Å². The highest BCUT2D eigenvalue weighted by Crippen LogP contribution is 2.25. The van der Waals surface area contributed by atoms with Crippen LogP contribution in [0.15, 0.2) is 48.5 Å². The topological polar surface area (TPSA) is 72.2 Å². The fraction of sp³-hybridized carbons (Fsp3) is 0.167. The van der Waals surface area contributed by atoms with Crippen molar-refractivity contribution in [3.63, 3.8) is 0 Å². The van der Waals surface area contributed by atoms with Crippen molar-refractivity contribution in [1.29, 1.82) is 0 Å². The number of anilines is 1. The van der Waals surface area contributed by atoms with Gasteiger partial charge in [-0.3, -0.25) is 14.9 Å². The molecule has 0 aromatic heterocycles. The minimum atomic E-state index is -0.560. The van der Waals surface area contributed by atoms with E-state index >= 15 is 0 Å². The Morgan fingerprint density at radius 3 is 2.46 bits per heavy atom. The van der Waals surface area contributed by atoms with Crippen LogP contribution < -0.4 is 5.32 Å². The van der Waals surface area contributed by atoms with Crippen molar-refractivity contribution in [2.75, 3.05) is 5.32 Å². The molecule has 0 atom stereocenters. The molecule has 0 bridgehead atoms. The molecule has 24 heavy (non-hydrogen) atoms. The molecule has 6 heteroatoms. The van der Waals surface area contributed by atoms with Crippen LogP contribution in [0.5, 0.6) is 0 Å². The summed E-state index contributed by atoms with van der Waals surface area (Å²) in [5.74, 6) is 0.111. The number of rotatable bonds is 5. The minimum Gasteiger partial charge on any atom is -0.323 e. The third kappa shape index (κ3) is 4.67. The fourth-order valence-electron chi connectivity index (χ4n) is 2.08. The molecule has 5 nitrogen and oxygen atoms in total. The summed E-state index contributed by atoms with van der Waals surface area (Å²) in [5, 5.41) is 13.6. The average molecular weight is 345 g/mol. The number of nitro groups is 1. The van der Waals surface area contributed by atoms with Gasteiger partial charge in [0.15, 0.2) is 0 Å². The van der Waals surface area contributed by atoms with Crippen LogP contribution in [0.4, 0.5) is 11.4 Å². The van der Waals surface area contributed by atoms with Crippen LogP contribution in [0.2, 0.25) is 5.02 Å². The summed E-state index contributed by atoms with van der Waals surface area (Å²) >= 11 is 5.75. The van der Waals surface area contributed by atoms with E-state index < -0.39 is 4.92 Å². The van der Waals surface area contributed by atoms with Gasteiger partial charge in [-0.1, -0.05) is 43.6 Å². The first kappa shape index (κ1) is 17.7. The van der Waals surface area contributed by atoms with Gasteiger partial charge in [0.25, 0.3) is 5.69 Å². The molecule has 124 valence electrons. The maximum atomic E-state index is 11.9. The van der Waals surface area contributed by atoms with E-state index in [4.69, 9.17) is 11.6 Å². The molecule has 0 saturated heterocycles. The Hall–Kier alpha value is -2.66. The van der Waals surface area contributed by atoms with Crippen LogP contribution in [0.25, 0.3) is 6.08 Å². The first-order chi connectivity index (χ1) is 11.4. The van der Waals surface area contributed by atoms with Crippen molar-refractivity contribution in [1.82, 2.24) is 0 Å². The van der Waals surface area contributed by atoms with E-state index in [1.165, 1.54) is 29.8 Å². The minimum absolute atomic E-state index is 0.0619. The zero-order valence-electron chi connectivity index (χ0n) is 13.3. The van der Waals surface area contributed by atoms with Crippen molar-refractivity contribution < 1.29 is 9.72 Å². The van der Waals surface area contributed by atoms with Gasteiger partial charge >= 0.3 is 0 Å². The summed E-state index contributed by atoms with van der Waals surface area (Å²) in [4.78, 5) is 22.2. The second-order valence-corrected chi connectivity index (χ2v) is 5.97. The highest BCUT2D eigenvalue weighted by Gasteiger charge is 2.11. The molecule has 0 spiro atoms. The maximum Gasteiger partial charge on any atom is 0.288 e. The molecular formula is C18H17ClN2O3. The number of carbonyl (C=O) groups excluding carboxylic acids is 1. The van der Waals surface area contributed by atoms with E-state index in [9.17, 15) is 14.9 Å².